The predicted octanol–water partition coefficient (Wildman–Crippen LogP) is 2.81. The number of halogens is 1. The van der Waals surface area contributed by atoms with E-state index in [0.717, 1.165) is 0 Å². The monoisotopic (exact) mass is 298 g/mol. The van der Waals surface area contributed by atoms with Crippen LogP contribution in [0.15, 0.2) is 48.5 Å². The molecule has 1 N–H and O–H groups in total. The van der Waals surface area contributed by atoms with E-state index in [2.05, 4.69) is 5.32 Å². The Bertz CT molecular complexity index is 693. The molecule has 0 aromatic heterocycles. The van der Waals surface area contributed by atoms with Crippen LogP contribution in [0.4, 0.5) is 4.39 Å². The number of hydrogen-bond donors (Lipinski definition) is 1. The average Bonchev–Trinajstić information content (AvgIpc) is 2.55. The van der Waals surface area contributed by atoms with Crippen molar-refractivity contribution in [1.29, 1.82) is 5.26 Å². The van der Waals surface area contributed by atoms with Crippen molar-refractivity contribution in [2.45, 2.75) is 6.10 Å². The van der Waals surface area contributed by atoms with Crippen molar-refractivity contribution >= 4 is 5.91 Å². The molecule has 0 heterocycles. The third-order valence-corrected chi connectivity index (χ3v) is 3.23. The molecule has 4 nitrogen and oxygen atoms in total. The molecule has 1 unspecified atom stereocenters. The molecule has 5 heteroatoms. The number of ether oxygens (including phenoxy) is 1. The summed E-state index contributed by atoms with van der Waals surface area (Å²) in [7, 11) is 1.50. The fraction of sp³-hybridized carbons (Fsp3) is 0.176. The number of nitrogens with zero attached hydrogens (tertiary/aromatic N) is 1. The Labute approximate surface area is 128 Å². The standard InChI is InChI=1S/C17H15FN2O2/c1-22-16(14-3-2-4-15(18)9-14)11-20-17(21)13-7-5-12(10-19)6-8-13/h2-9,16H,11H2,1H3,(H,20,21). The summed E-state index contributed by atoms with van der Waals surface area (Å²) in [5.74, 6) is -0.624. The maximum Gasteiger partial charge on any atom is 0.251 e. The first kappa shape index (κ1) is 15.7. The van der Waals surface area contributed by atoms with E-state index in [0.29, 0.717) is 16.7 Å². The third kappa shape index (κ3) is 3.90. The van der Waals surface area contributed by atoms with Gasteiger partial charge in [-0.2, -0.15) is 5.26 Å². The van der Waals surface area contributed by atoms with Gasteiger partial charge in [0.25, 0.3) is 5.91 Å². The van der Waals surface area contributed by atoms with Gasteiger partial charge < -0.3 is 10.1 Å². The van der Waals surface area contributed by atoms with E-state index in [9.17, 15) is 9.18 Å². The van der Waals surface area contributed by atoms with Crippen LogP contribution in [-0.2, 0) is 4.74 Å². The molecule has 0 spiro atoms. The van der Waals surface area contributed by atoms with E-state index < -0.39 is 6.10 Å². The smallest absolute Gasteiger partial charge is 0.251 e. The van der Waals surface area contributed by atoms with Gasteiger partial charge in [0.05, 0.1) is 17.7 Å². The van der Waals surface area contributed by atoms with Gasteiger partial charge in [-0.15, -0.1) is 0 Å². The summed E-state index contributed by atoms with van der Waals surface area (Å²) in [6.45, 7) is 0.221. The van der Waals surface area contributed by atoms with Crippen molar-refractivity contribution in [1.82, 2.24) is 5.32 Å². The number of nitrogens with one attached hydrogen (secondary N) is 1. The Morgan fingerprint density at radius 2 is 2.05 bits per heavy atom. The minimum Gasteiger partial charge on any atom is -0.375 e. The van der Waals surface area contributed by atoms with Gasteiger partial charge in [0.1, 0.15) is 5.82 Å². The highest BCUT2D eigenvalue weighted by Crippen LogP contribution is 2.17. The number of hydrogen-bond acceptors (Lipinski definition) is 3. The number of carbonyl (C=O) groups is 1. The number of amides is 1. The molecule has 0 aliphatic heterocycles. The number of nitriles is 1. The summed E-state index contributed by atoms with van der Waals surface area (Å²) in [6.07, 6.45) is -0.432. The lowest BCUT2D eigenvalue weighted by molar-refractivity contribution is 0.0827. The number of benzene rings is 2. The van der Waals surface area contributed by atoms with Crippen molar-refractivity contribution in [2.75, 3.05) is 13.7 Å². The largest absolute Gasteiger partial charge is 0.375 e. The minimum absolute atomic E-state index is 0.221. The maximum absolute atomic E-state index is 13.2. The quantitative estimate of drug-likeness (QED) is 0.923. The van der Waals surface area contributed by atoms with Gasteiger partial charge >= 0.3 is 0 Å². The fourth-order valence-corrected chi connectivity index (χ4v) is 2.03. The van der Waals surface area contributed by atoms with Crippen LogP contribution in [0.1, 0.15) is 27.6 Å². The molecule has 0 radical (unpaired) electrons. The van der Waals surface area contributed by atoms with E-state index >= 15 is 0 Å². The SMILES string of the molecule is COC(CNC(=O)c1ccc(C#N)cc1)c1cccc(F)c1. The normalized spacial score (nSPS) is 11.5. The highest BCUT2D eigenvalue weighted by atomic mass is 19.1. The highest BCUT2D eigenvalue weighted by molar-refractivity contribution is 5.94. The van der Waals surface area contributed by atoms with E-state index in [-0.39, 0.29) is 18.3 Å². The number of carbonyl (C=O) groups excluding carboxylic acids is 1. The Balaban J connectivity index is 2.00. The summed E-state index contributed by atoms with van der Waals surface area (Å²) in [6, 6.07) is 14.4. The van der Waals surface area contributed by atoms with Gasteiger partial charge in [-0.1, -0.05) is 12.1 Å². The second kappa shape index (κ2) is 7.34. The topological polar surface area (TPSA) is 62.1 Å². The molecule has 0 saturated carbocycles. The molecule has 112 valence electrons. The van der Waals surface area contributed by atoms with Crippen LogP contribution in [0, 0.1) is 17.1 Å². The zero-order valence-electron chi connectivity index (χ0n) is 12.0. The van der Waals surface area contributed by atoms with Crippen molar-refractivity contribution in [3.63, 3.8) is 0 Å². The van der Waals surface area contributed by atoms with Crippen molar-refractivity contribution < 1.29 is 13.9 Å². The molecular formula is C17H15FN2O2. The van der Waals surface area contributed by atoms with E-state index in [1.165, 1.54) is 19.2 Å². The van der Waals surface area contributed by atoms with Crippen LogP contribution >= 0.6 is 0 Å². The van der Waals surface area contributed by atoms with E-state index in [1.807, 2.05) is 6.07 Å². The minimum atomic E-state index is -0.432. The zero-order valence-corrected chi connectivity index (χ0v) is 12.0. The van der Waals surface area contributed by atoms with E-state index in [4.69, 9.17) is 10.00 Å². The second-order valence-corrected chi connectivity index (χ2v) is 4.68. The molecule has 0 aliphatic rings. The summed E-state index contributed by atoms with van der Waals surface area (Å²) in [4.78, 5) is 12.0. The van der Waals surface area contributed by atoms with Crippen LogP contribution in [-0.4, -0.2) is 19.6 Å². The van der Waals surface area contributed by atoms with Gasteiger partial charge in [-0.05, 0) is 42.0 Å². The molecule has 0 fully saturated rings. The summed E-state index contributed by atoms with van der Waals surface area (Å²) < 4.78 is 18.5. The second-order valence-electron chi connectivity index (χ2n) is 4.68. The van der Waals surface area contributed by atoms with Crippen molar-refractivity contribution in [3.8, 4) is 6.07 Å². The van der Waals surface area contributed by atoms with Crippen LogP contribution in [0.3, 0.4) is 0 Å². The summed E-state index contributed by atoms with van der Waals surface area (Å²) in [5.41, 5.74) is 1.60. The Morgan fingerprint density at radius 1 is 1.32 bits per heavy atom. The molecule has 2 aromatic rings. The molecule has 22 heavy (non-hydrogen) atoms. The number of methoxy groups -OCH3 is 1. The predicted molar refractivity (Wildman–Crippen MR) is 79.6 cm³/mol. The van der Waals surface area contributed by atoms with Gasteiger partial charge in [0.15, 0.2) is 0 Å². The first-order valence-electron chi connectivity index (χ1n) is 6.70. The van der Waals surface area contributed by atoms with Gasteiger partial charge in [0, 0.05) is 19.2 Å². The number of rotatable bonds is 5. The highest BCUT2D eigenvalue weighted by Gasteiger charge is 2.13. The third-order valence-electron chi connectivity index (χ3n) is 3.23. The summed E-state index contributed by atoms with van der Waals surface area (Å²) >= 11 is 0. The average molecular weight is 298 g/mol. The Morgan fingerprint density at radius 3 is 2.64 bits per heavy atom. The van der Waals surface area contributed by atoms with Crippen LogP contribution in [0.5, 0.6) is 0 Å². The zero-order chi connectivity index (χ0) is 15.9. The van der Waals surface area contributed by atoms with Crippen molar-refractivity contribution in [2.24, 2.45) is 0 Å². The molecule has 0 bridgehead atoms. The van der Waals surface area contributed by atoms with Gasteiger partial charge in [-0.3, -0.25) is 4.79 Å². The van der Waals surface area contributed by atoms with Crippen LogP contribution in [0.25, 0.3) is 0 Å². The molecular weight excluding hydrogens is 283 g/mol. The lowest BCUT2D eigenvalue weighted by Crippen LogP contribution is -2.29. The molecule has 2 aromatic carbocycles. The first-order chi connectivity index (χ1) is 10.6. The molecule has 0 aliphatic carbocycles. The van der Waals surface area contributed by atoms with Gasteiger partial charge in [0.2, 0.25) is 0 Å². The van der Waals surface area contributed by atoms with Crippen LogP contribution < -0.4 is 5.32 Å². The lowest BCUT2D eigenvalue weighted by Gasteiger charge is -2.16. The Hall–Kier alpha value is -2.71. The lowest BCUT2D eigenvalue weighted by atomic mass is 10.1. The van der Waals surface area contributed by atoms with E-state index in [1.54, 1.807) is 36.4 Å². The van der Waals surface area contributed by atoms with Gasteiger partial charge in [-0.25, -0.2) is 4.39 Å². The molecule has 0 saturated heterocycles. The fourth-order valence-electron chi connectivity index (χ4n) is 2.03. The van der Waals surface area contributed by atoms with Crippen molar-refractivity contribution in [3.05, 3.63) is 71.0 Å². The maximum atomic E-state index is 13.2. The summed E-state index contributed by atoms with van der Waals surface area (Å²) in [5, 5.41) is 11.5. The molecule has 1 atom stereocenters. The molecule has 1 amide bonds. The van der Waals surface area contributed by atoms with Crippen LogP contribution in [0.2, 0.25) is 0 Å². The Kier molecular flexibility index (Phi) is 5.23. The first-order valence-corrected chi connectivity index (χ1v) is 6.70. The molecule has 2 rings (SSSR count).